The van der Waals surface area contributed by atoms with Crippen molar-refractivity contribution in [3.63, 3.8) is 0 Å². The summed E-state index contributed by atoms with van der Waals surface area (Å²) in [7, 11) is 0. The van der Waals surface area contributed by atoms with E-state index in [0.29, 0.717) is 0 Å². The molecule has 9 rings (SSSR count). The molecule has 33 heavy (non-hydrogen) atoms. The first kappa shape index (κ1) is 16.9. The van der Waals surface area contributed by atoms with Crippen LogP contribution in [0.5, 0.6) is 0 Å². The maximum absolute atomic E-state index is 2.52. The van der Waals surface area contributed by atoms with E-state index < -0.39 is 0 Å². The van der Waals surface area contributed by atoms with E-state index in [2.05, 4.69) is 95.4 Å². The van der Waals surface area contributed by atoms with E-state index in [1.807, 2.05) is 22.7 Å². The first-order valence-corrected chi connectivity index (χ1v) is 12.8. The fourth-order valence-electron chi connectivity index (χ4n) is 6.09. The molecule has 9 aromatic rings. The normalized spacial score (nSPS) is 12.8. The molecule has 0 saturated heterocycles. The molecule has 5 aromatic carbocycles. The first-order chi connectivity index (χ1) is 16.4. The molecule has 0 bridgehead atoms. The number of benzene rings is 5. The Morgan fingerprint density at radius 3 is 1.42 bits per heavy atom. The highest BCUT2D eigenvalue weighted by atomic mass is 32.1. The van der Waals surface area contributed by atoms with Gasteiger partial charge < -0.3 is 4.40 Å². The van der Waals surface area contributed by atoms with Crippen molar-refractivity contribution in [2.24, 2.45) is 0 Å². The lowest BCUT2D eigenvalue weighted by Crippen LogP contribution is -1.80. The molecule has 0 saturated carbocycles. The Morgan fingerprint density at radius 2 is 0.879 bits per heavy atom. The third-order valence-corrected chi connectivity index (χ3v) is 9.60. The van der Waals surface area contributed by atoms with Crippen LogP contribution in [0.2, 0.25) is 0 Å². The van der Waals surface area contributed by atoms with E-state index >= 15 is 0 Å². The summed E-state index contributed by atoms with van der Waals surface area (Å²) in [5, 5.41) is 11.0. The van der Waals surface area contributed by atoms with Gasteiger partial charge in [0.15, 0.2) is 0 Å². The minimum absolute atomic E-state index is 1.31. The molecule has 4 heterocycles. The van der Waals surface area contributed by atoms with Crippen LogP contribution in [-0.2, 0) is 0 Å². The number of rotatable bonds is 0. The van der Waals surface area contributed by atoms with Crippen LogP contribution in [0.1, 0.15) is 0 Å². The number of hydrogen-bond donors (Lipinski definition) is 0. The molecule has 3 heteroatoms. The van der Waals surface area contributed by atoms with E-state index in [4.69, 9.17) is 0 Å². The predicted molar refractivity (Wildman–Crippen MR) is 147 cm³/mol. The highest BCUT2D eigenvalue weighted by molar-refractivity contribution is 7.26. The van der Waals surface area contributed by atoms with E-state index in [1.54, 1.807) is 0 Å². The van der Waals surface area contributed by atoms with Gasteiger partial charge >= 0.3 is 0 Å². The van der Waals surface area contributed by atoms with Crippen molar-refractivity contribution >= 4 is 101 Å². The van der Waals surface area contributed by atoms with Crippen LogP contribution in [-0.4, -0.2) is 4.40 Å². The Balaban J connectivity index is 1.62. The van der Waals surface area contributed by atoms with Crippen molar-refractivity contribution in [1.29, 1.82) is 0 Å². The summed E-state index contributed by atoms with van der Waals surface area (Å²) in [4.78, 5) is 0. The maximum atomic E-state index is 2.52. The lowest BCUT2D eigenvalue weighted by atomic mass is 10.0. The second kappa shape index (κ2) is 5.63. The van der Waals surface area contributed by atoms with Crippen LogP contribution >= 0.6 is 22.7 Å². The molecule has 0 radical (unpaired) electrons. The highest BCUT2D eigenvalue weighted by Gasteiger charge is 2.22. The minimum Gasteiger partial charge on any atom is -0.308 e. The van der Waals surface area contributed by atoms with Crippen molar-refractivity contribution in [3.8, 4) is 0 Å². The van der Waals surface area contributed by atoms with Crippen molar-refractivity contribution in [2.45, 2.75) is 0 Å². The summed E-state index contributed by atoms with van der Waals surface area (Å²) in [6.07, 6.45) is 0. The molecule has 0 spiro atoms. The van der Waals surface area contributed by atoms with Gasteiger partial charge in [0.1, 0.15) is 0 Å². The van der Waals surface area contributed by atoms with Crippen molar-refractivity contribution in [1.82, 2.24) is 4.40 Å². The summed E-state index contributed by atoms with van der Waals surface area (Å²) >= 11 is 3.80. The Labute approximate surface area is 196 Å². The van der Waals surface area contributed by atoms with Gasteiger partial charge in [-0.2, -0.15) is 0 Å². The molecular weight excluding hydrogens is 438 g/mol. The summed E-state index contributed by atoms with van der Waals surface area (Å²) in [6, 6.07) is 33.9. The number of fused-ring (bicyclic) bond motifs is 14. The number of para-hydroxylation sites is 1. The Kier molecular flexibility index (Phi) is 2.88. The minimum atomic E-state index is 1.31. The van der Waals surface area contributed by atoms with E-state index in [1.165, 1.54) is 78.4 Å². The predicted octanol–water partition coefficient (Wildman–Crippen LogP) is 9.57. The topological polar surface area (TPSA) is 4.41 Å². The molecular formula is C30H15NS2. The Bertz CT molecular complexity index is 2080. The van der Waals surface area contributed by atoms with E-state index in [0.717, 1.165) is 0 Å². The summed E-state index contributed by atoms with van der Waals surface area (Å²) in [5.41, 5.74) is 3.98. The molecule has 0 amide bonds. The zero-order valence-corrected chi connectivity index (χ0v) is 19.1. The Hall–Kier alpha value is -3.66. The van der Waals surface area contributed by atoms with Gasteiger partial charge in [-0.05, 0) is 36.4 Å². The van der Waals surface area contributed by atoms with Crippen LogP contribution in [0.15, 0.2) is 91.0 Å². The molecule has 0 unspecified atom stereocenters. The number of thiophene rings is 2. The lowest BCUT2D eigenvalue weighted by Gasteiger charge is -2.01. The third kappa shape index (κ3) is 1.88. The van der Waals surface area contributed by atoms with Crippen LogP contribution in [0.3, 0.4) is 0 Å². The number of nitrogens with zero attached hydrogens (tertiary/aromatic N) is 1. The van der Waals surface area contributed by atoms with Gasteiger partial charge in [-0.25, -0.2) is 0 Å². The quantitative estimate of drug-likeness (QED) is 0.215. The van der Waals surface area contributed by atoms with Crippen molar-refractivity contribution < 1.29 is 0 Å². The van der Waals surface area contributed by atoms with Gasteiger partial charge in [-0.1, -0.05) is 54.6 Å². The molecule has 0 atom stereocenters. The SMILES string of the molecule is c1ccc2c(c1)sc1ccc3c(c4cccc5c6c7c(ccc6n3c45)sc3ccccc37)c12. The van der Waals surface area contributed by atoms with E-state index in [-0.39, 0.29) is 0 Å². The summed E-state index contributed by atoms with van der Waals surface area (Å²) < 4.78 is 7.98. The second-order valence-corrected chi connectivity index (χ2v) is 11.1. The second-order valence-electron chi connectivity index (χ2n) is 8.90. The molecule has 0 fully saturated rings. The van der Waals surface area contributed by atoms with Gasteiger partial charge in [-0.15, -0.1) is 22.7 Å². The molecule has 4 aromatic heterocycles. The summed E-state index contributed by atoms with van der Waals surface area (Å²) in [5.74, 6) is 0. The van der Waals surface area contributed by atoms with Crippen molar-refractivity contribution in [3.05, 3.63) is 91.0 Å². The molecule has 1 nitrogen and oxygen atoms in total. The average Bonchev–Trinajstić information content (AvgIpc) is 3.58. The van der Waals surface area contributed by atoms with Gasteiger partial charge in [-0.3, -0.25) is 0 Å². The van der Waals surface area contributed by atoms with Crippen LogP contribution < -0.4 is 0 Å². The summed E-state index contributed by atoms with van der Waals surface area (Å²) in [6.45, 7) is 0. The van der Waals surface area contributed by atoms with Gasteiger partial charge in [0, 0.05) is 61.9 Å². The largest absolute Gasteiger partial charge is 0.308 e. The number of hydrogen-bond acceptors (Lipinski definition) is 2. The van der Waals surface area contributed by atoms with Crippen LogP contribution in [0, 0.1) is 0 Å². The Morgan fingerprint density at radius 1 is 0.394 bits per heavy atom. The third-order valence-electron chi connectivity index (χ3n) is 7.32. The monoisotopic (exact) mass is 453 g/mol. The van der Waals surface area contributed by atoms with E-state index in [9.17, 15) is 0 Å². The molecule has 0 aliphatic heterocycles. The first-order valence-electron chi connectivity index (χ1n) is 11.2. The van der Waals surface area contributed by atoms with Gasteiger partial charge in [0.2, 0.25) is 0 Å². The molecule has 0 N–H and O–H groups in total. The molecule has 0 aliphatic rings. The van der Waals surface area contributed by atoms with Crippen LogP contribution in [0.4, 0.5) is 0 Å². The fraction of sp³-hybridized carbons (Fsp3) is 0. The van der Waals surface area contributed by atoms with Crippen LogP contribution in [0.25, 0.3) is 78.4 Å². The van der Waals surface area contributed by atoms with Gasteiger partial charge in [0.25, 0.3) is 0 Å². The zero-order chi connectivity index (χ0) is 21.3. The molecule has 0 aliphatic carbocycles. The van der Waals surface area contributed by atoms with Gasteiger partial charge in [0.05, 0.1) is 16.6 Å². The highest BCUT2D eigenvalue weighted by Crippen LogP contribution is 2.48. The molecule has 152 valence electrons. The fourth-order valence-corrected chi connectivity index (χ4v) is 8.32. The average molecular weight is 454 g/mol. The lowest BCUT2D eigenvalue weighted by molar-refractivity contribution is 1.38. The number of aromatic nitrogens is 1. The smallest absolute Gasteiger partial charge is 0.0620 e. The zero-order valence-electron chi connectivity index (χ0n) is 17.4. The van der Waals surface area contributed by atoms with Crippen molar-refractivity contribution in [2.75, 3.05) is 0 Å². The maximum Gasteiger partial charge on any atom is 0.0620 e. The standard InChI is InChI=1S/C30H15NS2/c1-3-10-22-16(6-1)28-24(32-22)14-12-20-26(28)18-8-5-9-19-27-21(31(20)30(18)19)13-15-25-29(27)17-7-2-4-11-23(17)33-25/h1-15H.